The first-order valence-electron chi connectivity index (χ1n) is 5.70. The zero-order valence-corrected chi connectivity index (χ0v) is 11.8. The average molecular weight is 345 g/mol. The average Bonchev–Trinajstić information content (AvgIpc) is 2.61. The van der Waals surface area contributed by atoms with E-state index in [2.05, 4.69) is 44.4 Å². The van der Waals surface area contributed by atoms with Crippen LogP contribution in [0.4, 0.5) is 5.69 Å². The minimum Gasteiger partial charge on any atom is -0.463 e. The number of halogens is 1. The Balaban J connectivity index is 2.18. The monoisotopic (exact) mass is 345 g/mol. The fourth-order valence-corrected chi connectivity index (χ4v) is 2.29. The molecule has 1 aliphatic heterocycles. The third-order valence-electron chi connectivity index (χ3n) is 2.71. The van der Waals surface area contributed by atoms with Crippen LogP contribution in [-0.2, 0) is 0 Å². The van der Waals surface area contributed by atoms with Gasteiger partial charge < -0.3 is 15.0 Å². The van der Waals surface area contributed by atoms with Gasteiger partial charge in [-0.05, 0) is 35.6 Å². The third kappa shape index (κ3) is 3.32. The molecule has 0 saturated carbocycles. The number of hydrogen-bond donors (Lipinski definition) is 1. The lowest BCUT2D eigenvalue weighted by molar-refractivity contribution is 0.476. The molecule has 4 nitrogen and oxygen atoms in total. The summed E-state index contributed by atoms with van der Waals surface area (Å²) in [5.74, 6) is 0.773. The van der Waals surface area contributed by atoms with E-state index < -0.39 is 0 Å². The molecule has 0 aliphatic carbocycles. The van der Waals surface area contributed by atoms with Crippen LogP contribution in [0.25, 0.3) is 0 Å². The molecule has 1 fully saturated rings. The lowest BCUT2D eigenvalue weighted by Crippen LogP contribution is -2.27. The van der Waals surface area contributed by atoms with Gasteiger partial charge in [-0.15, -0.1) is 0 Å². The molecule has 0 unspecified atom stereocenters. The number of ether oxygens (including phenoxy) is 1. The van der Waals surface area contributed by atoms with E-state index in [9.17, 15) is 0 Å². The molecule has 92 valence electrons. The number of nitrogens with zero attached hydrogens (tertiary/aromatic N) is 2. The highest BCUT2D eigenvalue weighted by atomic mass is 127. The summed E-state index contributed by atoms with van der Waals surface area (Å²) in [6.45, 7) is 7.75. The van der Waals surface area contributed by atoms with E-state index in [0.717, 1.165) is 47.7 Å². The number of aromatic nitrogens is 1. The Kier molecular flexibility index (Phi) is 4.61. The molecule has 0 spiro atoms. The summed E-state index contributed by atoms with van der Waals surface area (Å²) >= 11 is 2.16. The first-order valence-corrected chi connectivity index (χ1v) is 6.78. The zero-order valence-electron chi connectivity index (χ0n) is 9.66. The first kappa shape index (κ1) is 12.6. The van der Waals surface area contributed by atoms with Crippen molar-refractivity contribution in [2.45, 2.75) is 6.42 Å². The third-order valence-corrected chi connectivity index (χ3v) is 3.52. The van der Waals surface area contributed by atoms with Crippen molar-refractivity contribution >= 4 is 28.3 Å². The molecule has 1 aromatic rings. The molecule has 17 heavy (non-hydrogen) atoms. The van der Waals surface area contributed by atoms with Gasteiger partial charge in [-0.1, -0.05) is 6.58 Å². The van der Waals surface area contributed by atoms with E-state index in [4.69, 9.17) is 4.74 Å². The zero-order chi connectivity index (χ0) is 12.1. The fourth-order valence-electron chi connectivity index (χ4n) is 1.87. The Hall–Kier alpha value is -0.820. The minimum atomic E-state index is 0.773. The number of nitrogens with one attached hydrogen (secondary N) is 1. The molecule has 1 aromatic heterocycles. The molecule has 0 bridgehead atoms. The molecule has 1 aliphatic rings. The van der Waals surface area contributed by atoms with Gasteiger partial charge >= 0.3 is 0 Å². The van der Waals surface area contributed by atoms with E-state index in [0.29, 0.717) is 0 Å². The van der Waals surface area contributed by atoms with Crippen LogP contribution in [0, 0.1) is 3.70 Å². The summed E-state index contributed by atoms with van der Waals surface area (Å²) in [5, 5.41) is 3.39. The smallest absolute Gasteiger partial charge is 0.160 e. The van der Waals surface area contributed by atoms with E-state index >= 15 is 0 Å². The summed E-state index contributed by atoms with van der Waals surface area (Å²) in [6.07, 6.45) is 4.50. The van der Waals surface area contributed by atoms with Crippen molar-refractivity contribution in [3.05, 3.63) is 28.8 Å². The molecule has 0 amide bonds. The maximum Gasteiger partial charge on any atom is 0.160 e. The van der Waals surface area contributed by atoms with Crippen LogP contribution in [0.15, 0.2) is 25.1 Å². The summed E-state index contributed by atoms with van der Waals surface area (Å²) in [4.78, 5) is 6.69. The lowest BCUT2D eigenvalue weighted by atomic mass is 10.3. The summed E-state index contributed by atoms with van der Waals surface area (Å²) in [6, 6.07) is 2.03. The maximum absolute atomic E-state index is 5.35. The maximum atomic E-state index is 5.35. The second kappa shape index (κ2) is 6.20. The van der Waals surface area contributed by atoms with Crippen molar-refractivity contribution in [2.75, 3.05) is 31.1 Å². The van der Waals surface area contributed by atoms with Crippen LogP contribution >= 0.6 is 22.6 Å². The van der Waals surface area contributed by atoms with Crippen LogP contribution < -0.4 is 15.0 Å². The van der Waals surface area contributed by atoms with Crippen LogP contribution in [0.2, 0.25) is 0 Å². The number of anilines is 1. The van der Waals surface area contributed by atoms with Crippen LogP contribution in [0.1, 0.15) is 6.42 Å². The van der Waals surface area contributed by atoms with Gasteiger partial charge in [-0.25, -0.2) is 4.98 Å². The highest BCUT2D eigenvalue weighted by Gasteiger charge is 2.12. The van der Waals surface area contributed by atoms with Crippen LogP contribution in [-0.4, -0.2) is 31.2 Å². The molecule has 2 rings (SSSR count). The molecule has 1 N–H and O–H groups in total. The quantitative estimate of drug-likeness (QED) is 0.517. The predicted octanol–water partition coefficient (Wildman–Crippen LogP) is 2.01. The molecular formula is C12H16IN3O. The minimum absolute atomic E-state index is 0.773. The largest absolute Gasteiger partial charge is 0.463 e. The normalized spacial score (nSPS) is 16.4. The number of hydrogen-bond acceptors (Lipinski definition) is 4. The van der Waals surface area contributed by atoms with E-state index in [1.807, 2.05) is 12.3 Å². The van der Waals surface area contributed by atoms with Gasteiger partial charge in [0.05, 0.1) is 18.1 Å². The fraction of sp³-hybridized carbons (Fsp3) is 0.417. The topological polar surface area (TPSA) is 37.4 Å². The van der Waals surface area contributed by atoms with Gasteiger partial charge in [-0.3, -0.25) is 0 Å². The van der Waals surface area contributed by atoms with Crippen LogP contribution in [0.5, 0.6) is 5.75 Å². The Morgan fingerprint density at radius 2 is 2.35 bits per heavy atom. The Morgan fingerprint density at radius 3 is 3.18 bits per heavy atom. The highest BCUT2D eigenvalue weighted by molar-refractivity contribution is 14.1. The Bertz CT molecular complexity index is 389. The Labute approximate surface area is 115 Å². The van der Waals surface area contributed by atoms with Gasteiger partial charge in [0.1, 0.15) is 3.70 Å². The number of rotatable bonds is 3. The first-order chi connectivity index (χ1) is 8.31. The van der Waals surface area contributed by atoms with E-state index in [1.54, 1.807) is 0 Å². The van der Waals surface area contributed by atoms with Gasteiger partial charge in [0.25, 0.3) is 0 Å². The van der Waals surface area contributed by atoms with Crippen molar-refractivity contribution in [1.82, 2.24) is 10.3 Å². The van der Waals surface area contributed by atoms with Crippen molar-refractivity contribution in [1.29, 1.82) is 0 Å². The van der Waals surface area contributed by atoms with E-state index in [1.165, 1.54) is 6.26 Å². The molecule has 0 aromatic carbocycles. The molecule has 1 saturated heterocycles. The molecule has 5 heteroatoms. The lowest BCUT2D eigenvalue weighted by Gasteiger charge is -2.22. The van der Waals surface area contributed by atoms with Gasteiger partial charge in [-0.2, -0.15) is 0 Å². The molecule has 0 atom stereocenters. The summed E-state index contributed by atoms with van der Waals surface area (Å²) in [5.41, 5.74) is 1.12. The van der Waals surface area contributed by atoms with Crippen LogP contribution in [0.3, 0.4) is 0 Å². The van der Waals surface area contributed by atoms with Gasteiger partial charge in [0.15, 0.2) is 5.75 Å². The highest BCUT2D eigenvalue weighted by Crippen LogP contribution is 2.25. The van der Waals surface area contributed by atoms with Crippen molar-refractivity contribution in [3.63, 3.8) is 0 Å². The standard InChI is InChI=1S/C12H16IN3O/c1-2-17-11-8-10(9-15-12(11)13)16-6-3-4-14-5-7-16/h2,8-9,14H,1,3-7H2. The molecular weight excluding hydrogens is 329 g/mol. The van der Waals surface area contributed by atoms with Crippen molar-refractivity contribution in [2.24, 2.45) is 0 Å². The molecule has 2 heterocycles. The predicted molar refractivity (Wildman–Crippen MR) is 77.5 cm³/mol. The van der Waals surface area contributed by atoms with Gasteiger partial charge in [0.2, 0.25) is 0 Å². The SMILES string of the molecule is C=COc1cc(N2CCCNCC2)cnc1I. The molecule has 0 radical (unpaired) electrons. The summed E-state index contributed by atoms with van der Waals surface area (Å²) in [7, 11) is 0. The van der Waals surface area contributed by atoms with Crippen molar-refractivity contribution in [3.8, 4) is 5.75 Å². The second-order valence-electron chi connectivity index (χ2n) is 3.86. The Morgan fingerprint density at radius 1 is 1.47 bits per heavy atom. The van der Waals surface area contributed by atoms with E-state index in [-0.39, 0.29) is 0 Å². The summed E-state index contributed by atoms with van der Waals surface area (Å²) < 4.78 is 6.21. The number of pyridine rings is 1. The van der Waals surface area contributed by atoms with Gasteiger partial charge in [0, 0.05) is 25.7 Å². The second-order valence-corrected chi connectivity index (χ2v) is 4.88. The van der Waals surface area contributed by atoms with Crippen molar-refractivity contribution < 1.29 is 4.74 Å².